The monoisotopic (exact) mass is 243 g/mol. The van der Waals surface area contributed by atoms with E-state index in [9.17, 15) is 4.79 Å². The summed E-state index contributed by atoms with van der Waals surface area (Å²) in [6.07, 6.45) is 4.29. The number of nitrogens with zero attached hydrogens (tertiary/aromatic N) is 2. The van der Waals surface area contributed by atoms with Crippen molar-refractivity contribution in [1.29, 1.82) is 0 Å². The maximum Gasteiger partial charge on any atom is 0.321 e. The summed E-state index contributed by atoms with van der Waals surface area (Å²) in [5, 5.41) is 0. The van der Waals surface area contributed by atoms with E-state index in [2.05, 4.69) is 9.97 Å². The van der Waals surface area contributed by atoms with Crippen molar-refractivity contribution in [2.24, 2.45) is 5.73 Å². The van der Waals surface area contributed by atoms with E-state index in [1.807, 2.05) is 6.92 Å². The van der Waals surface area contributed by atoms with E-state index >= 15 is 0 Å². The highest BCUT2D eigenvalue weighted by molar-refractivity contribution is 5.93. The minimum atomic E-state index is -0.498. The number of carbonyl (C=O) groups is 1. The Balaban J connectivity index is 2.17. The van der Waals surface area contributed by atoms with Gasteiger partial charge in [-0.2, -0.15) is 0 Å². The van der Waals surface area contributed by atoms with Crippen LogP contribution in [-0.2, 0) is 6.42 Å². The van der Waals surface area contributed by atoms with Gasteiger partial charge < -0.3 is 10.5 Å². The molecule has 0 bridgehead atoms. The fourth-order valence-corrected chi connectivity index (χ4v) is 1.40. The van der Waals surface area contributed by atoms with Crippen molar-refractivity contribution in [2.75, 3.05) is 0 Å². The fourth-order valence-electron chi connectivity index (χ4n) is 1.40. The lowest BCUT2D eigenvalue weighted by Crippen LogP contribution is -2.10. The van der Waals surface area contributed by atoms with Crippen LogP contribution in [0, 0.1) is 0 Å². The van der Waals surface area contributed by atoms with Gasteiger partial charge in [-0.25, -0.2) is 9.97 Å². The molecule has 0 atom stereocenters. The number of amides is 1. The standard InChI is InChI=1S/C13H13N3O2/c1-2-9-7-15-13(16-8-9)18-11-5-3-4-10(6-11)12(14)17/h3-8H,2H2,1H3,(H2,14,17). The molecule has 0 spiro atoms. The molecule has 0 fully saturated rings. The Hall–Kier alpha value is -2.43. The van der Waals surface area contributed by atoms with Gasteiger partial charge in [-0.3, -0.25) is 4.79 Å². The molecule has 2 N–H and O–H groups in total. The number of rotatable bonds is 4. The van der Waals surface area contributed by atoms with Crippen LogP contribution < -0.4 is 10.5 Å². The summed E-state index contributed by atoms with van der Waals surface area (Å²) in [5.41, 5.74) is 6.61. The van der Waals surface area contributed by atoms with Crippen LogP contribution in [-0.4, -0.2) is 15.9 Å². The van der Waals surface area contributed by atoms with Gasteiger partial charge in [0.25, 0.3) is 0 Å². The first-order chi connectivity index (χ1) is 8.69. The quantitative estimate of drug-likeness (QED) is 0.889. The summed E-state index contributed by atoms with van der Waals surface area (Å²) in [6.45, 7) is 2.02. The van der Waals surface area contributed by atoms with Gasteiger partial charge in [0.05, 0.1) is 0 Å². The SMILES string of the molecule is CCc1cnc(Oc2cccc(C(N)=O)c2)nc1. The van der Waals surface area contributed by atoms with Gasteiger partial charge in [-0.15, -0.1) is 0 Å². The third-order valence-corrected chi connectivity index (χ3v) is 2.42. The van der Waals surface area contributed by atoms with Gasteiger partial charge in [0, 0.05) is 18.0 Å². The molecule has 18 heavy (non-hydrogen) atoms. The molecule has 2 rings (SSSR count). The Morgan fingerprint density at radius 1 is 1.33 bits per heavy atom. The zero-order valence-corrected chi connectivity index (χ0v) is 9.96. The van der Waals surface area contributed by atoms with Crippen LogP contribution in [0.4, 0.5) is 0 Å². The molecule has 0 aliphatic heterocycles. The highest BCUT2D eigenvalue weighted by Crippen LogP contribution is 2.18. The molecule has 0 radical (unpaired) electrons. The second-order valence-electron chi connectivity index (χ2n) is 3.72. The Labute approximate surface area is 105 Å². The maximum absolute atomic E-state index is 11.0. The van der Waals surface area contributed by atoms with Crippen LogP contribution in [0.25, 0.3) is 0 Å². The number of nitrogens with two attached hydrogens (primary N) is 1. The molecule has 0 saturated carbocycles. The van der Waals surface area contributed by atoms with Crippen LogP contribution in [0.1, 0.15) is 22.8 Å². The molecular formula is C13H13N3O2. The van der Waals surface area contributed by atoms with Gasteiger partial charge in [-0.05, 0) is 30.2 Å². The van der Waals surface area contributed by atoms with Crippen LogP contribution in [0.3, 0.4) is 0 Å². The molecule has 1 heterocycles. The van der Waals surface area contributed by atoms with E-state index in [0.717, 1.165) is 12.0 Å². The van der Waals surface area contributed by atoms with E-state index in [0.29, 0.717) is 11.3 Å². The number of hydrogen-bond donors (Lipinski definition) is 1. The Bertz CT molecular complexity index is 552. The lowest BCUT2D eigenvalue weighted by Gasteiger charge is -2.04. The van der Waals surface area contributed by atoms with E-state index in [1.54, 1.807) is 36.7 Å². The highest BCUT2D eigenvalue weighted by atomic mass is 16.5. The number of ether oxygens (including phenoxy) is 1. The zero-order valence-electron chi connectivity index (χ0n) is 9.96. The Morgan fingerprint density at radius 2 is 2.06 bits per heavy atom. The first-order valence-electron chi connectivity index (χ1n) is 5.57. The number of aryl methyl sites for hydroxylation is 1. The molecule has 0 saturated heterocycles. The van der Waals surface area contributed by atoms with Crippen LogP contribution in [0.5, 0.6) is 11.8 Å². The highest BCUT2D eigenvalue weighted by Gasteiger charge is 2.04. The third kappa shape index (κ3) is 2.82. The Morgan fingerprint density at radius 3 is 2.67 bits per heavy atom. The Kier molecular flexibility index (Phi) is 3.52. The average molecular weight is 243 g/mol. The molecule has 5 heteroatoms. The first-order valence-corrected chi connectivity index (χ1v) is 5.57. The van der Waals surface area contributed by atoms with E-state index in [4.69, 9.17) is 10.5 Å². The van der Waals surface area contributed by atoms with E-state index in [1.165, 1.54) is 0 Å². The van der Waals surface area contributed by atoms with Crippen LogP contribution in [0.15, 0.2) is 36.7 Å². The smallest absolute Gasteiger partial charge is 0.321 e. The molecule has 1 amide bonds. The summed E-state index contributed by atoms with van der Waals surface area (Å²) in [4.78, 5) is 19.2. The number of hydrogen-bond acceptors (Lipinski definition) is 4. The topological polar surface area (TPSA) is 78.1 Å². The number of carbonyl (C=O) groups excluding carboxylic acids is 1. The second kappa shape index (κ2) is 5.27. The minimum Gasteiger partial charge on any atom is -0.424 e. The molecular weight excluding hydrogens is 230 g/mol. The van der Waals surface area contributed by atoms with Crippen molar-refractivity contribution in [3.05, 3.63) is 47.8 Å². The van der Waals surface area contributed by atoms with Gasteiger partial charge in [0.2, 0.25) is 5.91 Å². The predicted molar refractivity (Wildman–Crippen MR) is 66.4 cm³/mol. The second-order valence-corrected chi connectivity index (χ2v) is 3.72. The molecule has 0 aliphatic carbocycles. The zero-order chi connectivity index (χ0) is 13.0. The van der Waals surface area contributed by atoms with Gasteiger partial charge in [0.1, 0.15) is 5.75 Å². The van der Waals surface area contributed by atoms with Gasteiger partial charge in [0.15, 0.2) is 0 Å². The van der Waals surface area contributed by atoms with Crippen molar-refractivity contribution >= 4 is 5.91 Å². The summed E-state index contributed by atoms with van der Waals surface area (Å²) in [5.74, 6) is -0.0155. The van der Waals surface area contributed by atoms with Crippen LogP contribution >= 0.6 is 0 Å². The lowest BCUT2D eigenvalue weighted by atomic mass is 10.2. The summed E-state index contributed by atoms with van der Waals surface area (Å²) >= 11 is 0. The molecule has 0 unspecified atom stereocenters. The summed E-state index contributed by atoms with van der Waals surface area (Å²) in [7, 11) is 0. The summed E-state index contributed by atoms with van der Waals surface area (Å²) < 4.78 is 5.44. The molecule has 92 valence electrons. The minimum absolute atomic E-state index is 0.244. The predicted octanol–water partition coefficient (Wildman–Crippen LogP) is 1.93. The molecule has 5 nitrogen and oxygen atoms in total. The van der Waals surface area contributed by atoms with Crippen molar-refractivity contribution < 1.29 is 9.53 Å². The number of benzene rings is 1. The van der Waals surface area contributed by atoms with Crippen LogP contribution in [0.2, 0.25) is 0 Å². The maximum atomic E-state index is 11.0. The van der Waals surface area contributed by atoms with Crippen molar-refractivity contribution in [3.63, 3.8) is 0 Å². The van der Waals surface area contributed by atoms with Gasteiger partial charge in [-0.1, -0.05) is 13.0 Å². The third-order valence-electron chi connectivity index (χ3n) is 2.42. The molecule has 1 aromatic heterocycles. The molecule has 1 aromatic carbocycles. The normalized spacial score (nSPS) is 10.1. The summed E-state index contributed by atoms with van der Waals surface area (Å²) in [6, 6.07) is 6.82. The number of primary amides is 1. The van der Waals surface area contributed by atoms with Crippen molar-refractivity contribution in [3.8, 4) is 11.8 Å². The first kappa shape index (κ1) is 12.0. The largest absolute Gasteiger partial charge is 0.424 e. The lowest BCUT2D eigenvalue weighted by molar-refractivity contribution is 0.1000. The van der Waals surface area contributed by atoms with E-state index in [-0.39, 0.29) is 6.01 Å². The van der Waals surface area contributed by atoms with E-state index < -0.39 is 5.91 Å². The fraction of sp³-hybridized carbons (Fsp3) is 0.154. The van der Waals surface area contributed by atoms with Gasteiger partial charge >= 0.3 is 6.01 Å². The van der Waals surface area contributed by atoms with Crippen molar-refractivity contribution in [2.45, 2.75) is 13.3 Å². The number of aromatic nitrogens is 2. The average Bonchev–Trinajstić information content (AvgIpc) is 2.40. The van der Waals surface area contributed by atoms with Crippen molar-refractivity contribution in [1.82, 2.24) is 9.97 Å². The molecule has 2 aromatic rings. The molecule has 0 aliphatic rings.